The van der Waals surface area contributed by atoms with Gasteiger partial charge in [-0.2, -0.15) is 0 Å². The van der Waals surface area contributed by atoms with Crippen molar-refractivity contribution in [2.24, 2.45) is 0 Å². The molecule has 0 saturated heterocycles. The van der Waals surface area contributed by atoms with Gasteiger partial charge in [-0.15, -0.1) is 11.8 Å². The molecule has 0 spiro atoms. The molecule has 6 nitrogen and oxygen atoms in total. The number of hydrogen-bond acceptors (Lipinski definition) is 5. The van der Waals surface area contributed by atoms with Crippen LogP contribution in [0.2, 0.25) is 0 Å². The normalized spacial score (nSPS) is 10.4. The number of rotatable bonds is 8. The quantitative estimate of drug-likeness (QED) is 0.455. The summed E-state index contributed by atoms with van der Waals surface area (Å²) in [5.41, 5.74) is 3.93. The Hall–Kier alpha value is -3.45. The van der Waals surface area contributed by atoms with Crippen LogP contribution in [0, 0.1) is 13.8 Å². The third-order valence-electron chi connectivity index (χ3n) is 4.80. The number of hydrogen-bond donors (Lipinski definition) is 2. The van der Waals surface area contributed by atoms with Gasteiger partial charge in [0.25, 0.3) is 5.91 Å². The number of aryl methyl sites for hydroxylation is 2. The van der Waals surface area contributed by atoms with Crippen molar-refractivity contribution in [3.63, 3.8) is 0 Å². The molecule has 3 aromatic rings. The molecule has 0 saturated carbocycles. The molecule has 0 atom stereocenters. The molecule has 0 heterocycles. The van der Waals surface area contributed by atoms with Gasteiger partial charge in [0.1, 0.15) is 17.1 Å². The molecule has 166 valence electrons. The first-order chi connectivity index (χ1) is 15.4. The lowest BCUT2D eigenvalue weighted by atomic mass is 10.1. The molecule has 7 heteroatoms. The Morgan fingerprint density at radius 1 is 0.875 bits per heavy atom. The topological polar surface area (TPSA) is 76.7 Å². The molecule has 0 bridgehead atoms. The zero-order chi connectivity index (χ0) is 23.1. The number of anilines is 2. The number of benzene rings is 3. The van der Waals surface area contributed by atoms with Crippen LogP contribution < -0.4 is 20.1 Å². The Morgan fingerprint density at radius 3 is 2.16 bits per heavy atom. The summed E-state index contributed by atoms with van der Waals surface area (Å²) >= 11 is 1.43. The Labute approximate surface area is 192 Å². The van der Waals surface area contributed by atoms with Crippen LogP contribution in [0.3, 0.4) is 0 Å². The first-order valence-corrected chi connectivity index (χ1v) is 11.0. The van der Waals surface area contributed by atoms with Crippen molar-refractivity contribution < 1.29 is 19.1 Å². The fourth-order valence-electron chi connectivity index (χ4n) is 3.11. The SMILES string of the molecule is COc1cccc(OC)c1C(=O)Nc1ccc(SCC(=O)Nc2cc(C)ccc2C)cc1. The summed E-state index contributed by atoms with van der Waals surface area (Å²) in [6, 6.07) is 18.5. The highest BCUT2D eigenvalue weighted by Gasteiger charge is 2.18. The smallest absolute Gasteiger partial charge is 0.263 e. The van der Waals surface area contributed by atoms with E-state index in [4.69, 9.17) is 9.47 Å². The summed E-state index contributed by atoms with van der Waals surface area (Å²) in [4.78, 5) is 26.0. The highest BCUT2D eigenvalue weighted by molar-refractivity contribution is 8.00. The Bertz CT molecular complexity index is 1090. The van der Waals surface area contributed by atoms with Gasteiger partial charge in [0, 0.05) is 16.3 Å². The second-order valence-electron chi connectivity index (χ2n) is 7.17. The predicted octanol–water partition coefficient (Wildman–Crippen LogP) is 5.30. The molecular formula is C25H26N2O4S. The van der Waals surface area contributed by atoms with E-state index in [1.54, 1.807) is 30.3 Å². The van der Waals surface area contributed by atoms with Crippen molar-refractivity contribution in [3.8, 4) is 11.5 Å². The number of ether oxygens (including phenoxy) is 2. The van der Waals surface area contributed by atoms with Crippen LogP contribution in [-0.4, -0.2) is 31.8 Å². The average molecular weight is 451 g/mol. The van der Waals surface area contributed by atoms with E-state index in [1.807, 2.05) is 44.2 Å². The second-order valence-corrected chi connectivity index (χ2v) is 8.22. The largest absolute Gasteiger partial charge is 0.496 e. The van der Waals surface area contributed by atoms with Gasteiger partial charge in [-0.3, -0.25) is 9.59 Å². The molecule has 2 N–H and O–H groups in total. The molecule has 0 aliphatic rings. The Morgan fingerprint density at radius 2 is 1.53 bits per heavy atom. The van der Waals surface area contributed by atoms with Crippen LogP contribution in [-0.2, 0) is 4.79 Å². The van der Waals surface area contributed by atoms with E-state index in [0.29, 0.717) is 22.7 Å². The highest BCUT2D eigenvalue weighted by Crippen LogP contribution is 2.29. The Kier molecular flexibility index (Phi) is 7.78. The molecule has 32 heavy (non-hydrogen) atoms. The van der Waals surface area contributed by atoms with Gasteiger partial charge < -0.3 is 20.1 Å². The summed E-state index contributed by atoms with van der Waals surface area (Å²) in [5.74, 6) is 0.766. The minimum absolute atomic E-state index is 0.0654. The van der Waals surface area contributed by atoms with E-state index in [0.717, 1.165) is 21.7 Å². The first kappa shape index (κ1) is 23.2. The maximum absolute atomic E-state index is 12.8. The van der Waals surface area contributed by atoms with Crippen molar-refractivity contribution in [2.75, 3.05) is 30.6 Å². The van der Waals surface area contributed by atoms with Gasteiger partial charge in [-0.1, -0.05) is 18.2 Å². The summed E-state index contributed by atoms with van der Waals surface area (Å²) in [7, 11) is 3.02. The number of amides is 2. The summed E-state index contributed by atoms with van der Waals surface area (Å²) < 4.78 is 10.6. The number of nitrogens with one attached hydrogen (secondary N) is 2. The van der Waals surface area contributed by atoms with Gasteiger partial charge in [-0.05, 0) is 67.4 Å². The van der Waals surface area contributed by atoms with Crippen molar-refractivity contribution in [3.05, 3.63) is 77.4 Å². The zero-order valence-electron chi connectivity index (χ0n) is 18.5. The van der Waals surface area contributed by atoms with E-state index >= 15 is 0 Å². The van der Waals surface area contributed by atoms with Crippen LogP contribution in [0.1, 0.15) is 21.5 Å². The summed E-state index contributed by atoms with van der Waals surface area (Å²) in [5, 5.41) is 5.81. The van der Waals surface area contributed by atoms with E-state index in [1.165, 1.54) is 26.0 Å². The van der Waals surface area contributed by atoms with E-state index in [9.17, 15) is 9.59 Å². The fourth-order valence-corrected chi connectivity index (χ4v) is 3.81. The number of carbonyl (C=O) groups excluding carboxylic acids is 2. The van der Waals surface area contributed by atoms with Gasteiger partial charge in [-0.25, -0.2) is 0 Å². The van der Waals surface area contributed by atoms with E-state index in [-0.39, 0.29) is 17.6 Å². The Balaban J connectivity index is 1.59. The van der Waals surface area contributed by atoms with Crippen molar-refractivity contribution in [1.29, 1.82) is 0 Å². The average Bonchev–Trinajstić information content (AvgIpc) is 2.80. The fraction of sp³-hybridized carbons (Fsp3) is 0.200. The summed E-state index contributed by atoms with van der Waals surface area (Å²) in [6.07, 6.45) is 0. The maximum atomic E-state index is 12.8. The van der Waals surface area contributed by atoms with Crippen LogP contribution in [0.15, 0.2) is 65.6 Å². The van der Waals surface area contributed by atoms with Crippen LogP contribution >= 0.6 is 11.8 Å². The van der Waals surface area contributed by atoms with Crippen LogP contribution in [0.5, 0.6) is 11.5 Å². The predicted molar refractivity (Wildman–Crippen MR) is 129 cm³/mol. The van der Waals surface area contributed by atoms with E-state index in [2.05, 4.69) is 10.6 Å². The third kappa shape index (κ3) is 5.82. The molecule has 3 rings (SSSR count). The first-order valence-electron chi connectivity index (χ1n) is 10.0. The summed E-state index contributed by atoms with van der Waals surface area (Å²) in [6.45, 7) is 3.96. The number of thioether (sulfide) groups is 1. The minimum atomic E-state index is -0.326. The minimum Gasteiger partial charge on any atom is -0.496 e. The lowest BCUT2D eigenvalue weighted by Crippen LogP contribution is -2.15. The molecule has 0 aliphatic carbocycles. The van der Waals surface area contributed by atoms with Gasteiger partial charge >= 0.3 is 0 Å². The van der Waals surface area contributed by atoms with E-state index < -0.39 is 0 Å². The van der Waals surface area contributed by atoms with Crippen molar-refractivity contribution >= 4 is 35.0 Å². The van der Waals surface area contributed by atoms with Crippen LogP contribution in [0.4, 0.5) is 11.4 Å². The van der Waals surface area contributed by atoms with Crippen LogP contribution in [0.25, 0.3) is 0 Å². The lowest BCUT2D eigenvalue weighted by Gasteiger charge is -2.13. The second kappa shape index (κ2) is 10.7. The zero-order valence-corrected chi connectivity index (χ0v) is 19.3. The molecule has 0 aliphatic heterocycles. The monoisotopic (exact) mass is 450 g/mol. The third-order valence-corrected chi connectivity index (χ3v) is 5.82. The van der Waals surface area contributed by atoms with Crippen molar-refractivity contribution in [1.82, 2.24) is 0 Å². The lowest BCUT2D eigenvalue weighted by molar-refractivity contribution is -0.113. The molecule has 0 unspecified atom stereocenters. The van der Waals surface area contributed by atoms with Gasteiger partial charge in [0.05, 0.1) is 20.0 Å². The highest BCUT2D eigenvalue weighted by atomic mass is 32.2. The molecule has 0 radical (unpaired) electrons. The maximum Gasteiger partial charge on any atom is 0.263 e. The molecule has 3 aromatic carbocycles. The molecule has 0 fully saturated rings. The standard InChI is InChI=1S/C25H26N2O4S/c1-16-8-9-17(2)20(14-16)27-23(28)15-32-19-12-10-18(11-13-19)26-25(29)24-21(30-3)6-5-7-22(24)31-4/h5-14H,15H2,1-4H3,(H,26,29)(H,27,28). The number of carbonyl (C=O) groups is 2. The number of methoxy groups -OCH3 is 2. The van der Waals surface area contributed by atoms with Gasteiger partial charge in [0.2, 0.25) is 5.91 Å². The molecular weight excluding hydrogens is 424 g/mol. The molecule has 0 aromatic heterocycles. The molecule has 2 amide bonds. The van der Waals surface area contributed by atoms with Crippen molar-refractivity contribution in [2.45, 2.75) is 18.7 Å². The van der Waals surface area contributed by atoms with Gasteiger partial charge in [0.15, 0.2) is 0 Å².